The van der Waals surface area contributed by atoms with E-state index in [2.05, 4.69) is 10.3 Å². The molecule has 3 heterocycles. The molecule has 8 heteroatoms. The van der Waals surface area contributed by atoms with Gasteiger partial charge in [-0.25, -0.2) is 9.78 Å². The highest BCUT2D eigenvalue weighted by atomic mass is 16.6. The summed E-state index contributed by atoms with van der Waals surface area (Å²) >= 11 is 0. The van der Waals surface area contributed by atoms with Gasteiger partial charge in [0.25, 0.3) is 0 Å². The SMILES string of the molecule is CC(C)(C)OC(=O)N1CCCC1C(=O)Nc1cccc(OCc2cn3ccccc3n2)c1. The summed E-state index contributed by atoms with van der Waals surface area (Å²) in [4.78, 5) is 31.4. The first-order chi connectivity index (χ1) is 15.3. The Morgan fingerprint density at radius 2 is 2.03 bits per heavy atom. The lowest BCUT2D eigenvalue weighted by atomic mass is 10.2. The van der Waals surface area contributed by atoms with Gasteiger partial charge in [-0.1, -0.05) is 12.1 Å². The molecular weight excluding hydrogens is 408 g/mol. The average molecular weight is 437 g/mol. The lowest BCUT2D eigenvalue weighted by Gasteiger charge is -2.28. The molecule has 4 rings (SSSR count). The predicted molar refractivity (Wildman–Crippen MR) is 121 cm³/mol. The normalized spacial score (nSPS) is 16.2. The van der Waals surface area contributed by atoms with Crippen molar-refractivity contribution in [1.29, 1.82) is 0 Å². The minimum Gasteiger partial charge on any atom is -0.487 e. The number of nitrogens with zero attached hydrogens (tertiary/aromatic N) is 3. The van der Waals surface area contributed by atoms with Crippen LogP contribution in [0.25, 0.3) is 5.65 Å². The first-order valence-electron chi connectivity index (χ1n) is 10.7. The van der Waals surface area contributed by atoms with Gasteiger partial charge < -0.3 is 19.2 Å². The van der Waals surface area contributed by atoms with Crippen molar-refractivity contribution in [1.82, 2.24) is 14.3 Å². The van der Waals surface area contributed by atoms with Crippen molar-refractivity contribution in [2.24, 2.45) is 0 Å². The summed E-state index contributed by atoms with van der Waals surface area (Å²) in [5.41, 5.74) is 1.68. The Balaban J connectivity index is 1.37. The van der Waals surface area contributed by atoms with Crippen molar-refractivity contribution in [3.63, 3.8) is 0 Å². The fourth-order valence-corrected chi connectivity index (χ4v) is 3.68. The average Bonchev–Trinajstić information content (AvgIpc) is 3.38. The van der Waals surface area contributed by atoms with E-state index in [0.29, 0.717) is 31.0 Å². The fourth-order valence-electron chi connectivity index (χ4n) is 3.68. The monoisotopic (exact) mass is 436 g/mol. The van der Waals surface area contributed by atoms with Crippen LogP contribution < -0.4 is 10.1 Å². The van der Waals surface area contributed by atoms with E-state index in [1.807, 2.05) is 67.9 Å². The number of anilines is 1. The maximum atomic E-state index is 12.9. The number of carbonyl (C=O) groups is 2. The van der Waals surface area contributed by atoms with Crippen molar-refractivity contribution in [3.8, 4) is 5.75 Å². The van der Waals surface area contributed by atoms with Crippen LogP contribution in [0.1, 0.15) is 39.3 Å². The van der Waals surface area contributed by atoms with Crippen molar-refractivity contribution >= 4 is 23.3 Å². The standard InChI is InChI=1S/C24H28N4O4/c1-24(2,3)32-23(30)28-13-7-10-20(28)22(29)26-17-8-6-9-19(14-17)31-16-18-15-27-12-5-4-11-21(27)25-18/h4-6,8-9,11-12,14-15,20H,7,10,13,16H2,1-3H3,(H,26,29). The summed E-state index contributed by atoms with van der Waals surface area (Å²) in [6, 6.07) is 12.5. The Bertz CT molecular complexity index is 1090. The van der Waals surface area contributed by atoms with Gasteiger partial charge in [0.1, 0.15) is 29.6 Å². The highest BCUT2D eigenvalue weighted by Crippen LogP contribution is 2.24. The van der Waals surface area contributed by atoms with Crippen molar-refractivity contribution in [3.05, 3.63) is 60.6 Å². The van der Waals surface area contributed by atoms with E-state index in [-0.39, 0.29) is 5.91 Å². The summed E-state index contributed by atoms with van der Waals surface area (Å²) in [5, 5.41) is 2.90. The Morgan fingerprint density at radius 3 is 2.81 bits per heavy atom. The highest BCUT2D eigenvalue weighted by Gasteiger charge is 2.36. The summed E-state index contributed by atoms with van der Waals surface area (Å²) in [6.45, 7) is 6.26. The molecule has 1 unspecified atom stereocenters. The number of likely N-dealkylation sites (tertiary alicyclic amines) is 1. The van der Waals surface area contributed by atoms with Gasteiger partial charge in [0.15, 0.2) is 0 Å². The summed E-state index contributed by atoms with van der Waals surface area (Å²) in [6.07, 6.45) is 4.77. The number of rotatable bonds is 5. The molecule has 8 nitrogen and oxygen atoms in total. The molecule has 2 amide bonds. The van der Waals surface area contributed by atoms with Crippen molar-refractivity contribution in [2.45, 2.75) is 51.9 Å². The van der Waals surface area contributed by atoms with E-state index >= 15 is 0 Å². The Labute approximate surface area is 187 Å². The molecule has 0 spiro atoms. The molecular formula is C24H28N4O4. The van der Waals surface area contributed by atoms with E-state index in [0.717, 1.165) is 17.8 Å². The van der Waals surface area contributed by atoms with Crippen molar-refractivity contribution in [2.75, 3.05) is 11.9 Å². The van der Waals surface area contributed by atoms with Gasteiger partial charge in [0.05, 0.1) is 5.69 Å². The molecule has 3 aromatic rings. The van der Waals surface area contributed by atoms with Gasteiger partial charge in [0.2, 0.25) is 5.91 Å². The molecule has 1 aliphatic rings. The van der Waals surface area contributed by atoms with E-state index in [9.17, 15) is 9.59 Å². The molecule has 1 N–H and O–H groups in total. The third-order valence-corrected chi connectivity index (χ3v) is 5.09. The molecule has 1 aromatic carbocycles. The lowest BCUT2D eigenvalue weighted by Crippen LogP contribution is -2.45. The number of hydrogen-bond donors (Lipinski definition) is 1. The zero-order valence-electron chi connectivity index (χ0n) is 18.6. The van der Waals surface area contributed by atoms with Crippen LogP contribution in [-0.4, -0.2) is 44.5 Å². The first kappa shape index (κ1) is 21.7. The Kier molecular flexibility index (Phi) is 6.03. The van der Waals surface area contributed by atoms with Crippen molar-refractivity contribution < 1.29 is 19.1 Å². The number of fused-ring (bicyclic) bond motifs is 1. The lowest BCUT2D eigenvalue weighted by molar-refractivity contribution is -0.120. The third kappa shape index (κ3) is 5.19. The van der Waals surface area contributed by atoms with Crippen LogP contribution in [0.5, 0.6) is 5.75 Å². The largest absolute Gasteiger partial charge is 0.487 e. The zero-order chi connectivity index (χ0) is 22.7. The number of carbonyl (C=O) groups excluding carboxylic acids is 2. The van der Waals surface area contributed by atoms with E-state index < -0.39 is 17.7 Å². The Hall–Kier alpha value is -3.55. The molecule has 0 radical (unpaired) electrons. The summed E-state index contributed by atoms with van der Waals surface area (Å²) in [7, 11) is 0. The molecule has 0 bridgehead atoms. The second-order valence-electron chi connectivity index (χ2n) is 8.84. The minimum absolute atomic E-state index is 0.231. The van der Waals surface area contributed by atoms with E-state index in [1.165, 1.54) is 4.90 Å². The Morgan fingerprint density at radius 1 is 1.19 bits per heavy atom. The van der Waals surface area contributed by atoms with Crippen LogP contribution >= 0.6 is 0 Å². The van der Waals surface area contributed by atoms with Crippen LogP contribution in [0.3, 0.4) is 0 Å². The number of pyridine rings is 1. The second-order valence-corrected chi connectivity index (χ2v) is 8.84. The topological polar surface area (TPSA) is 85.2 Å². The summed E-state index contributed by atoms with van der Waals surface area (Å²) < 4.78 is 13.3. The van der Waals surface area contributed by atoms with Gasteiger partial charge in [-0.3, -0.25) is 9.69 Å². The number of aromatic nitrogens is 2. The van der Waals surface area contributed by atoms with Crippen LogP contribution in [0.4, 0.5) is 10.5 Å². The van der Waals surface area contributed by atoms with Crippen LogP contribution in [-0.2, 0) is 16.1 Å². The fraction of sp³-hybridized carbons (Fsp3) is 0.375. The molecule has 1 fully saturated rings. The third-order valence-electron chi connectivity index (χ3n) is 5.09. The molecule has 168 valence electrons. The maximum absolute atomic E-state index is 12.9. The second kappa shape index (κ2) is 8.90. The quantitative estimate of drug-likeness (QED) is 0.646. The highest BCUT2D eigenvalue weighted by molar-refractivity contribution is 5.97. The van der Waals surface area contributed by atoms with Gasteiger partial charge in [-0.15, -0.1) is 0 Å². The number of benzene rings is 1. The van der Waals surface area contributed by atoms with Gasteiger partial charge >= 0.3 is 6.09 Å². The number of amides is 2. The molecule has 1 atom stereocenters. The summed E-state index contributed by atoms with van der Waals surface area (Å²) in [5.74, 6) is 0.390. The van der Waals surface area contributed by atoms with E-state index in [1.54, 1.807) is 12.1 Å². The maximum Gasteiger partial charge on any atom is 0.410 e. The molecule has 0 saturated carbocycles. The number of hydrogen-bond acceptors (Lipinski definition) is 5. The zero-order valence-corrected chi connectivity index (χ0v) is 18.6. The van der Waals surface area contributed by atoms with E-state index in [4.69, 9.17) is 9.47 Å². The molecule has 32 heavy (non-hydrogen) atoms. The van der Waals surface area contributed by atoms with Gasteiger partial charge in [-0.05, 0) is 57.9 Å². The van der Waals surface area contributed by atoms with Crippen LogP contribution in [0.15, 0.2) is 54.9 Å². The molecule has 1 aliphatic heterocycles. The smallest absolute Gasteiger partial charge is 0.410 e. The molecule has 2 aromatic heterocycles. The number of ether oxygens (including phenoxy) is 2. The molecule has 1 saturated heterocycles. The predicted octanol–water partition coefficient (Wildman–Crippen LogP) is 4.25. The van der Waals surface area contributed by atoms with Crippen LogP contribution in [0.2, 0.25) is 0 Å². The minimum atomic E-state index is -0.604. The van der Waals surface area contributed by atoms with Crippen LogP contribution in [0, 0.1) is 0 Å². The van der Waals surface area contributed by atoms with Gasteiger partial charge in [-0.2, -0.15) is 0 Å². The number of imidazole rings is 1. The number of nitrogens with one attached hydrogen (secondary N) is 1. The molecule has 0 aliphatic carbocycles. The van der Waals surface area contributed by atoms with Gasteiger partial charge in [0, 0.05) is 30.7 Å². The first-order valence-corrected chi connectivity index (χ1v) is 10.7.